The van der Waals surface area contributed by atoms with E-state index in [1.165, 1.54) is 51.9 Å². The second kappa shape index (κ2) is 6.68. The molecule has 1 aromatic carbocycles. The molecule has 9 nitrogen and oxygen atoms in total. The largest absolute Gasteiger partial charge is 0.494 e. The number of hydrogen-bond acceptors (Lipinski definition) is 5. The molecule has 0 amide bonds. The van der Waals surface area contributed by atoms with Crippen molar-refractivity contribution >= 4 is 16.9 Å². The molecule has 0 atom stereocenters. The van der Waals surface area contributed by atoms with E-state index in [4.69, 9.17) is 0 Å². The van der Waals surface area contributed by atoms with Gasteiger partial charge in [-0.15, -0.1) is 0 Å². The molecule has 0 saturated carbocycles. The molecule has 4 aromatic rings. The zero-order valence-electron chi connectivity index (χ0n) is 16.9. The topological polar surface area (TPSA) is 104 Å². The van der Waals surface area contributed by atoms with Gasteiger partial charge in [0.15, 0.2) is 11.2 Å². The number of fused-ring (bicyclic) bond motifs is 3. The molecule has 4 rings (SSSR count). The fourth-order valence-corrected chi connectivity index (χ4v) is 3.64. The van der Waals surface area contributed by atoms with Gasteiger partial charge in [-0.1, -0.05) is 26.0 Å². The molecule has 3 aromatic heterocycles. The molecule has 156 valence electrons. The highest BCUT2D eigenvalue weighted by Gasteiger charge is 2.25. The van der Waals surface area contributed by atoms with Gasteiger partial charge in [-0.2, -0.15) is 4.98 Å². The minimum Gasteiger partial charge on any atom is -0.494 e. The Morgan fingerprint density at radius 3 is 2.27 bits per heavy atom. The Labute approximate surface area is 168 Å². The number of aromatic hydroxyl groups is 1. The third-order valence-electron chi connectivity index (χ3n) is 5.24. The van der Waals surface area contributed by atoms with Crippen molar-refractivity contribution in [2.24, 2.45) is 14.1 Å². The van der Waals surface area contributed by atoms with E-state index < -0.39 is 28.5 Å². The van der Waals surface area contributed by atoms with E-state index in [9.17, 15) is 23.9 Å². The monoisotopic (exact) mass is 413 g/mol. The van der Waals surface area contributed by atoms with Gasteiger partial charge in [0.2, 0.25) is 11.7 Å². The van der Waals surface area contributed by atoms with Gasteiger partial charge in [0.25, 0.3) is 11.1 Å². The summed E-state index contributed by atoms with van der Waals surface area (Å²) in [6, 6.07) is 5.64. The highest BCUT2D eigenvalue weighted by Crippen LogP contribution is 2.26. The Morgan fingerprint density at radius 1 is 1.03 bits per heavy atom. The summed E-state index contributed by atoms with van der Waals surface area (Å²) in [7, 11) is 2.79. The lowest BCUT2D eigenvalue weighted by atomic mass is 10.1. The van der Waals surface area contributed by atoms with Crippen LogP contribution in [0.2, 0.25) is 0 Å². The highest BCUT2D eigenvalue weighted by molar-refractivity contribution is 5.76. The van der Waals surface area contributed by atoms with Gasteiger partial charge in [-0.3, -0.25) is 23.3 Å². The summed E-state index contributed by atoms with van der Waals surface area (Å²) in [5.41, 5.74) is -0.913. The summed E-state index contributed by atoms with van der Waals surface area (Å²) in [4.78, 5) is 42.8. The summed E-state index contributed by atoms with van der Waals surface area (Å²) in [6.07, 6.45) is 0. The number of halogens is 1. The minimum absolute atomic E-state index is 0.0122. The zero-order chi connectivity index (χ0) is 21.9. The quantitative estimate of drug-likeness (QED) is 0.541. The zero-order valence-corrected chi connectivity index (χ0v) is 16.9. The van der Waals surface area contributed by atoms with Crippen molar-refractivity contribution in [3.63, 3.8) is 0 Å². The molecular weight excluding hydrogens is 393 g/mol. The normalized spacial score (nSPS) is 11.8. The fourth-order valence-electron chi connectivity index (χ4n) is 3.64. The van der Waals surface area contributed by atoms with Crippen LogP contribution in [0.4, 0.5) is 4.39 Å². The molecule has 0 bridgehead atoms. The Morgan fingerprint density at radius 2 is 1.67 bits per heavy atom. The summed E-state index contributed by atoms with van der Waals surface area (Å²) in [5.74, 6) is -1.14. The van der Waals surface area contributed by atoms with Crippen molar-refractivity contribution in [1.82, 2.24) is 23.1 Å². The van der Waals surface area contributed by atoms with E-state index in [1.54, 1.807) is 13.8 Å². The molecule has 0 spiro atoms. The van der Waals surface area contributed by atoms with Crippen LogP contribution in [0.15, 0.2) is 38.6 Å². The van der Waals surface area contributed by atoms with Crippen molar-refractivity contribution < 1.29 is 9.50 Å². The van der Waals surface area contributed by atoms with Gasteiger partial charge in [0, 0.05) is 14.1 Å². The van der Waals surface area contributed by atoms with Gasteiger partial charge >= 0.3 is 5.69 Å². The number of hydrogen-bond donors (Lipinski definition) is 1. The second-order valence-electron chi connectivity index (χ2n) is 7.53. The molecule has 0 aliphatic rings. The minimum atomic E-state index is -0.641. The Hall–Kier alpha value is -3.69. The molecule has 0 unspecified atom stereocenters. The Bertz CT molecular complexity index is 1490. The van der Waals surface area contributed by atoms with Gasteiger partial charge in [0.05, 0.1) is 12.1 Å². The van der Waals surface area contributed by atoms with Gasteiger partial charge < -0.3 is 5.11 Å². The average molecular weight is 413 g/mol. The number of benzene rings is 1. The van der Waals surface area contributed by atoms with Crippen LogP contribution >= 0.6 is 0 Å². The third kappa shape index (κ3) is 2.67. The fraction of sp³-hybridized carbons (Fsp3) is 0.300. The number of nitrogens with zero attached hydrogens (tertiary/aromatic N) is 5. The van der Waals surface area contributed by atoms with Crippen LogP contribution in [0.5, 0.6) is 5.88 Å². The molecule has 0 radical (unpaired) electrons. The molecule has 1 N–H and O–H groups in total. The lowest BCUT2D eigenvalue weighted by Crippen LogP contribution is -2.37. The van der Waals surface area contributed by atoms with Crippen LogP contribution in [-0.2, 0) is 20.6 Å². The predicted molar refractivity (Wildman–Crippen MR) is 109 cm³/mol. The van der Waals surface area contributed by atoms with Crippen LogP contribution < -0.4 is 16.8 Å². The summed E-state index contributed by atoms with van der Waals surface area (Å²) in [5, 5.41) is 10.9. The third-order valence-corrected chi connectivity index (χ3v) is 5.24. The molecule has 0 aliphatic carbocycles. The van der Waals surface area contributed by atoms with Gasteiger partial charge in [0.1, 0.15) is 5.82 Å². The van der Waals surface area contributed by atoms with E-state index in [2.05, 4.69) is 4.98 Å². The smallest absolute Gasteiger partial charge is 0.332 e. The van der Waals surface area contributed by atoms with Gasteiger partial charge in [-0.05, 0) is 23.6 Å². The molecule has 30 heavy (non-hydrogen) atoms. The summed E-state index contributed by atoms with van der Waals surface area (Å²) in [6.45, 7) is 3.54. The first-order valence-electron chi connectivity index (χ1n) is 9.31. The maximum Gasteiger partial charge on any atom is 0.332 e. The summed E-state index contributed by atoms with van der Waals surface area (Å²) >= 11 is 0. The second-order valence-corrected chi connectivity index (χ2v) is 7.53. The molecule has 0 saturated heterocycles. The molecule has 0 aliphatic heterocycles. The number of imidazole rings is 1. The maximum atomic E-state index is 13.3. The Balaban J connectivity index is 2.21. The summed E-state index contributed by atoms with van der Waals surface area (Å²) < 4.78 is 17.9. The van der Waals surface area contributed by atoms with Crippen molar-refractivity contribution in [2.75, 3.05) is 0 Å². The standard InChI is InChI=1S/C20H20FN5O4/c1-10(2)13-16(27)25(9-11-5-7-12(21)8-6-11)19-22-15-14(26(19)17(13)28)18(29)24(4)20(30)23(15)3/h5-8,10,28H,9H2,1-4H3. The lowest BCUT2D eigenvalue weighted by Gasteiger charge is -2.15. The predicted octanol–water partition coefficient (Wildman–Crippen LogP) is 1.06. The molecule has 10 heteroatoms. The number of aryl methyl sites for hydroxylation is 1. The van der Waals surface area contributed by atoms with E-state index in [-0.39, 0.29) is 35.0 Å². The van der Waals surface area contributed by atoms with Crippen molar-refractivity contribution in [1.29, 1.82) is 0 Å². The maximum absolute atomic E-state index is 13.3. The van der Waals surface area contributed by atoms with Crippen molar-refractivity contribution in [3.8, 4) is 5.88 Å². The van der Waals surface area contributed by atoms with E-state index in [1.807, 2.05) is 0 Å². The first-order valence-corrected chi connectivity index (χ1v) is 9.31. The highest BCUT2D eigenvalue weighted by atomic mass is 19.1. The van der Waals surface area contributed by atoms with E-state index in [0.717, 1.165) is 4.57 Å². The van der Waals surface area contributed by atoms with Crippen LogP contribution in [0, 0.1) is 5.82 Å². The lowest BCUT2D eigenvalue weighted by molar-refractivity contribution is 0.430. The van der Waals surface area contributed by atoms with Gasteiger partial charge in [-0.25, -0.2) is 13.6 Å². The molecular formula is C20H20FN5O4. The SMILES string of the molecule is CC(C)c1c(O)n2c3c(=O)n(C)c(=O)n(C)c3nc2n(Cc2ccc(F)cc2)c1=O. The first kappa shape index (κ1) is 19.6. The van der Waals surface area contributed by atoms with Crippen LogP contribution in [0.25, 0.3) is 16.9 Å². The van der Waals surface area contributed by atoms with Crippen molar-refractivity contribution in [2.45, 2.75) is 26.3 Å². The van der Waals surface area contributed by atoms with E-state index >= 15 is 0 Å². The first-order chi connectivity index (χ1) is 14.1. The number of aromatic nitrogens is 5. The van der Waals surface area contributed by atoms with Crippen LogP contribution in [0.3, 0.4) is 0 Å². The number of rotatable bonds is 3. The Kier molecular flexibility index (Phi) is 4.37. The molecule has 3 heterocycles. The van der Waals surface area contributed by atoms with Crippen molar-refractivity contribution in [3.05, 3.63) is 72.4 Å². The molecule has 0 fully saturated rings. The average Bonchev–Trinajstić information content (AvgIpc) is 3.10. The van der Waals surface area contributed by atoms with E-state index in [0.29, 0.717) is 5.56 Å². The van der Waals surface area contributed by atoms with Crippen LogP contribution in [-0.4, -0.2) is 28.2 Å². The van der Waals surface area contributed by atoms with Crippen LogP contribution in [0.1, 0.15) is 30.9 Å².